The van der Waals surface area contributed by atoms with Crippen molar-refractivity contribution in [3.8, 4) is 6.07 Å². The normalized spacial score (nSPS) is 16.7. The molecule has 1 aliphatic rings. The molecule has 9 heteroatoms. The number of anilines is 2. The highest BCUT2D eigenvalue weighted by Crippen LogP contribution is 2.43. The minimum atomic E-state index is -0.597. The first-order chi connectivity index (χ1) is 16.8. The maximum absolute atomic E-state index is 13.6. The van der Waals surface area contributed by atoms with Gasteiger partial charge in [-0.25, -0.2) is 0 Å². The van der Waals surface area contributed by atoms with E-state index in [1.54, 1.807) is 54.6 Å². The van der Waals surface area contributed by atoms with E-state index in [-0.39, 0.29) is 22.9 Å². The van der Waals surface area contributed by atoms with Gasteiger partial charge >= 0.3 is 0 Å². The molecule has 35 heavy (non-hydrogen) atoms. The summed E-state index contributed by atoms with van der Waals surface area (Å²) in [5.74, 6) is -0.838. The number of hydrogen-bond acceptors (Lipinski definition) is 4. The van der Waals surface area contributed by atoms with E-state index in [0.717, 1.165) is 10.0 Å². The summed E-state index contributed by atoms with van der Waals surface area (Å²) in [6.45, 7) is 1.94. The number of carbonyl (C=O) groups excluding carboxylic acids is 2. The van der Waals surface area contributed by atoms with Crippen LogP contribution in [0, 0.1) is 18.3 Å². The lowest BCUT2D eigenvalue weighted by atomic mass is 10.1. The second-order valence-corrected chi connectivity index (χ2v) is 10.8. The van der Waals surface area contributed by atoms with Crippen molar-refractivity contribution >= 4 is 74.1 Å². The number of benzene rings is 3. The molecule has 1 unspecified atom stereocenters. The molecule has 176 valence electrons. The van der Waals surface area contributed by atoms with Gasteiger partial charge in [0, 0.05) is 25.9 Å². The van der Waals surface area contributed by atoms with Crippen molar-refractivity contribution in [2.75, 3.05) is 10.2 Å². The van der Waals surface area contributed by atoms with Crippen LogP contribution < -0.4 is 10.2 Å². The van der Waals surface area contributed by atoms with Crippen molar-refractivity contribution in [2.45, 2.75) is 18.6 Å². The highest BCUT2D eigenvalue weighted by molar-refractivity contribution is 9.10. The summed E-state index contributed by atoms with van der Waals surface area (Å²) < 4.78 is 0.839. The van der Waals surface area contributed by atoms with Gasteiger partial charge in [-0.2, -0.15) is 5.26 Å². The van der Waals surface area contributed by atoms with E-state index < -0.39 is 11.2 Å². The average molecular weight is 587 g/mol. The van der Waals surface area contributed by atoms with Gasteiger partial charge in [-0.1, -0.05) is 68.6 Å². The molecule has 0 radical (unpaired) electrons. The Morgan fingerprint density at radius 2 is 1.80 bits per heavy atom. The molecule has 1 saturated heterocycles. The summed E-state index contributed by atoms with van der Waals surface area (Å²) in [4.78, 5) is 28.1. The van der Waals surface area contributed by atoms with Crippen LogP contribution in [-0.2, 0) is 16.0 Å². The Morgan fingerprint density at radius 1 is 1.11 bits per heavy atom. The first-order valence-corrected chi connectivity index (χ1v) is 12.9. The molecule has 4 rings (SSSR count). The third-order valence-electron chi connectivity index (χ3n) is 5.31. The number of rotatable bonds is 5. The Bertz CT molecular complexity index is 1370. The van der Waals surface area contributed by atoms with Gasteiger partial charge in [0.15, 0.2) is 0 Å². The third kappa shape index (κ3) is 5.74. The van der Waals surface area contributed by atoms with Gasteiger partial charge in [0.05, 0.1) is 5.25 Å². The van der Waals surface area contributed by atoms with Crippen LogP contribution in [0.4, 0.5) is 11.4 Å². The van der Waals surface area contributed by atoms with Crippen LogP contribution in [0.5, 0.6) is 0 Å². The van der Waals surface area contributed by atoms with Crippen molar-refractivity contribution in [3.63, 3.8) is 0 Å². The van der Waals surface area contributed by atoms with E-state index in [0.29, 0.717) is 27.0 Å². The number of hydrogen-bond donors (Lipinski definition) is 1. The molecule has 0 saturated carbocycles. The highest BCUT2D eigenvalue weighted by Gasteiger charge is 2.41. The smallest absolute Gasteiger partial charge is 0.269 e. The molecule has 0 spiro atoms. The van der Waals surface area contributed by atoms with Crippen molar-refractivity contribution in [2.24, 2.45) is 0 Å². The Kier molecular flexibility index (Phi) is 7.88. The molecular formula is C26H18BrCl2N3O2S. The molecule has 1 N–H and O–H groups in total. The molecule has 0 aromatic heterocycles. The van der Waals surface area contributed by atoms with Gasteiger partial charge in [-0.3, -0.25) is 14.5 Å². The summed E-state index contributed by atoms with van der Waals surface area (Å²) in [7, 11) is 0. The quantitative estimate of drug-likeness (QED) is 0.255. The van der Waals surface area contributed by atoms with Crippen LogP contribution >= 0.6 is 50.9 Å². The first-order valence-electron chi connectivity index (χ1n) is 10.5. The molecule has 1 atom stereocenters. The van der Waals surface area contributed by atoms with Gasteiger partial charge in [-0.05, 0) is 73.5 Å². The molecule has 0 aliphatic carbocycles. The highest BCUT2D eigenvalue weighted by atomic mass is 79.9. The Labute approximate surface area is 225 Å². The average Bonchev–Trinajstić information content (AvgIpc) is 3.14. The van der Waals surface area contributed by atoms with E-state index in [1.807, 2.05) is 25.1 Å². The number of amides is 2. The summed E-state index contributed by atoms with van der Waals surface area (Å²) in [6.07, 6.45) is 0.289. The van der Waals surface area contributed by atoms with Gasteiger partial charge < -0.3 is 5.32 Å². The zero-order chi connectivity index (χ0) is 25.1. The molecule has 2 amide bonds. The van der Waals surface area contributed by atoms with Crippen molar-refractivity contribution < 1.29 is 9.59 Å². The van der Waals surface area contributed by atoms with Crippen molar-refractivity contribution in [1.29, 1.82) is 5.26 Å². The fourth-order valence-electron chi connectivity index (χ4n) is 3.54. The largest absolute Gasteiger partial charge is 0.321 e. The van der Waals surface area contributed by atoms with Crippen LogP contribution in [0.15, 0.2) is 81.8 Å². The first kappa shape index (κ1) is 25.3. The second-order valence-electron chi connectivity index (χ2n) is 7.81. The molecule has 1 fully saturated rings. The summed E-state index contributed by atoms with van der Waals surface area (Å²) in [6, 6.07) is 21.4. The molecule has 0 bridgehead atoms. The molecule has 5 nitrogen and oxygen atoms in total. The van der Waals surface area contributed by atoms with E-state index >= 15 is 0 Å². The predicted molar refractivity (Wildman–Crippen MR) is 146 cm³/mol. The summed E-state index contributed by atoms with van der Waals surface area (Å²) >= 11 is 17.0. The predicted octanol–water partition coefficient (Wildman–Crippen LogP) is 7.13. The van der Waals surface area contributed by atoms with Gasteiger partial charge in [0.1, 0.15) is 16.7 Å². The minimum Gasteiger partial charge on any atom is -0.321 e. The lowest BCUT2D eigenvalue weighted by Crippen LogP contribution is -2.31. The lowest BCUT2D eigenvalue weighted by Gasteiger charge is -2.19. The van der Waals surface area contributed by atoms with Crippen LogP contribution in [0.25, 0.3) is 0 Å². The van der Waals surface area contributed by atoms with Crippen LogP contribution in [0.1, 0.15) is 11.1 Å². The molecule has 1 heterocycles. The SMILES string of the molecule is Cc1ccc(NC(=O)C(C#N)=C2SC(Cc3cc(Cl)ccc3Cl)C(=O)N2c2ccc(Br)cc2)cc1. The van der Waals surface area contributed by atoms with Crippen molar-refractivity contribution in [3.05, 3.63) is 103 Å². The third-order valence-corrected chi connectivity index (χ3v) is 7.71. The second kappa shape index (κ2) is 10.9. The maximum Gasteiger partial charge on any atom is 0.269 e. The topological polar surface area (TPSA) is 73.2 Å². The minimum absolute atomic E-state index is 0.147. The van der Waals surface area contributed by atoms with E-state index in [4.69, 9.17) is 23.2 Å². The van der Waals surface area contributed by atoms with Crippen LogP contribution in [0.3, 0.4) is 0 Å². The maximum atomic E-state index is 13.6. The number of thioether (sulfide) groups is 1. The number of halogens is 3. The van der Waals surface area contributed by atoms with E-state index in [1.165, 1.54) is 16.7 Å². The summed E-state index contributed by atoms with van der Waals surface area (Å²) in [5.41, 5.74) is 2.72. The number of carbonyl (C=O) groups is 2. The lowest BCUT2D eigenvalue weighted by molar-refractivity contribution is -0.117. The molecule has 1 aliphatic heterocycles. The van der Waals surface area contributed by atoms with Crippen molar-refractivity contribution in [1.82, 2.24) is 0 Å². The number of nitrogens with zero attached hydrogens (tertiary/aromatic N) is 2. The molecule has 3 aromatic carbocycles. The Morgan fingerprint density at radius 3 is 2.46 bits per heavy atom. The fourth-order valence-corrected chi connectivity index (χ4v) is 5.49. The zero-order valence-electron chi connectivity index (χ0n) is 18.4. The van der Waals surface area contributed by atoms with E-state index in [2.05, 4.69) is 21.2 Å². The summed E-state index contributed by atoms with van der Waals surface area (Å²) in [5, 5.41) is 13.4. The molecule has 3 aromatic rings. The molecular weight excluding hydrogens is 569 g/mol. The van der Waals surface area contributed by atoms with Gasteiger partial charge in [-0.15, -0.1) is 0 Å². The number of nitriles is 1. The number of nitrogens with one attached hydrogen (secondary N) is 1. The zero-order valence-corrected chi connectivity index (χ0v) is 22.3. The van der Waals surface area contributed by atoms with Crippen LogP contribution in [-0.4, -0.2) is 17.1 Å². The van der Waals surface area contributed by atoms with Gasteiger partial charge in [0.25, 0.3) is 5.91 Å². The monoisotopic (exact) mass is 585 g/mol. The van der Waals surface area contributed by atoms with Gasteiger partial charge in [0.2, 0.25) is 5.91 Å². The number of aryl methyl sites for hydroxylation is 1. The van der Waals surface area contributed by atoms with Crippen LogP contribution in [0.2, 0.25) is 10.0 Å². The van der Waals surface area contributed by atoms with E-state index in [9.17, 15) is 14.9 Å². The Hall–Kier alpha value is -2.76. The fraction of sp³-hybridized carbons (Fsp3) is 0.115. The Balaban J connectivity index is 1.73. The standard InChI is InChI=1S/C26H18BrCl2N3O2S/c1-15-2-7-19(8-3-15)31-24(33)21(14-30)26-32(20-9-4-17(27)5-10-20)25(34)23(35-26)13-16-12-18(28)6-11-22(16)29/h2-12,23H,13H2,1H3,(H,31,33).